The molecule has 29 heteroatoms. The summed E-state index contributed by atoms with van der Waals surface area (Å²) in [6.07, 6.45) is 3.15. The van der Waals surface area contributed by atoms with Crippen LogP contribution in [0.5, 0.6) is 0 Å². The number of carboxylic acid groups (broad SMARTS) is 1. The number of benzene rings is 4. The van der Waals surface area contributed by atoms with Crippen LogP contribution in [-0.4, -0.2) is 169 Å². The van der Waals surface area contributed by atoms with Crippen molar-refractivity contribution in [3.63, 3.8) is 0 Å². The average molecular weight is 1310 g/mol. The Labute approximate surface area is 518 Å². The molecule has 0 saturated heterocycles. The number of quaternary nitrogens is 1. The number of hydrogen-bond acceptors (Lipinski definition) is 14. The Kier molecular flexibility index (Phi) is 19.9. The van der Waals surface area contributed by atoms with Crippen LogP contribution in [0.4, 0.5) is 11.6 Å². The lowest BCUT2D eigenvalue weighted by molar-refractivity contribution is -0.928. The van der Waals surface area contributed by atoms with E-state index in [-0.39, 0.29) is 44.0 Å². The van der Waals surface area contributed by atoms with E-state index in [9.17, 15) is 43.1 Å². The van der Waals surface area contributed by atoms with Gasteiger partial charge in [-0.3, -0.25) is 27.2 Å². The minimum absolute atomic E-state index is 0.169. The predicted molar refractivity (Wildman–Crippen MR) is 348 cm³/mol. The number of rotatable bonds is 31. The maximum absolute atomic E-state index is 13.9. The second-order valence-corrected chi connectivity index (χ2v) is 39.6. The topological polar surface area (TPSA) is 322 Å². The molecule has 4 aliphatic heterocycles. The number of aliphatic imine (C=N–C) groups is 4. The Morgan fingerprint density at radius 2 is 0.933 bits per heavy atom. The zero-order valence-corrected chi connectivity index (χ0v) is 55.6. The van der Waals surface area contributed by atoms with Crippen LogP contribution in [0.25, 0.3) is 21.5 Å². The summed E-state index contributed by atoms with van der Waals surface area (Å²) < 4.78 is 50.1. The number of carboxylic acids is 1. The van der Waals surface area contributed by atoms with E-state index in [0.29, 0.717) is 115 Å². The van der Waals surface area contributed by atoms with Gasteiger partial charge in [-0.05, 0) is 57.5 Å². The first-order valence-corrected chi connectivity index (χ1v) is 41.8. The summed E-state index contributed by atoms with van der Waals surface area (Å²) in [7, 11) is -19.5. The number of aromatic nitrogens is 2. The third kappa shape index (κ3) is 15.3. The molecule has 0 spiro atoms. The van der Waals surface area contributed by atoms with Gasteiger partial charge in [0.1, 0.15) is 35.8 Å². The van der Waals surface area contributed by atoms with Gasteiger partial charge in [-0.1, -0.05) is 110 Å². The monoisotopic (exact) mass is 1310 g/mol. The van der Waals surface area contributed by atoms with E-state index in [1.807, 2.05) is 104 Å². The number of aliphatic carboxylic acids is 1. The van der Waals surface area contributed by atoms with Crippen LogP contribution in [0.15, 0.2) is 127 Å². The summed E-state index contributed by atoms with van der Waals surface area (Å²) in [4.78, 5) is 110. The van der Waals surface area contributed by atoms with Gasteiger partial charge in [0.15, 0.2) is 40.0 Å². The van der Waals surface area contributed by atoms with Crippen molar-refractivity contribution >= 4 is 115 Å². The largest absolute Gasteiger partial charge is 0.582 e. The van der Waals surface area contributed by atoms with Crippen LogP contribution in [-0.2, 0) is 36.5 Å². The molecule has 0 fully saturated rings. The second-order valence-electron chi connectivity index (χ2n) is 24.4. The van der Waals surface area contributed by atoms with Crippen molar-refractivity contribution < 1.29 is 65.6 Å². The molecule has 1 unspecified atom stereocenters. The molecule has 4 aliphatic rings. The van der Waals surface area contributed by atoms with Crippen molar-refractivity contribution in [2.24, 2.45) is 30.0 Å². The Balaban J connectivity index is 1.06. The van der Waals surface area contributed by atoms with E-state index in [1.165, 1.54) is 0 Å². The quantitative estimate of drug-likeness (QED) is 0.00963. The number of amidine groups is 4. The predicted octanol–water partition coefficient (Wildman–Crippen LogP) is 7.46. The molecule has 6 aromatic rings. The van der Waals surface area contributed by atoms with Crippen molar-refractivity contribution in [2.75, 3.05) is 64.8 Å². The van der Waals surface area contributed by atoms with Gasteiger partial charge >= 0.3 is 30.0 Å². The first-order valence-electron chi connectivity index (χ1n) is 30.3. The van der Waals surface area contributed by atoms with Gasteiger partial charge in [0.05, 0.1) is 38.5 Å². The molecule has 6 heterocycles. The minimum atomic E-state index is -4.65. The number of nitrogens with zero attached hydrogens (tertiary/aromatic N) is 9. The molecule has 0 aliphatic carbocycles. The van der Waals surface area contributed by atoms with Gasteiger partial charge in [-0.25, -0.2) is 34.7 Å². The number of fused-ring (bicyclic) bond motifs is 14. The highest BCUT2D eigenvalue weighted by molar-refractivity contribution is 7.52. The fraction of sp³-hybridized carbons (Fsp3) is 0.417. The molecule has 4 aromatic carbocycles. The first kappa shape index (κ1) is 65.4. The van der Waals surface area contributed by atoms with Crippen molar-refractivity contribution in [1.82, 2.24) is 19.1 Å². The second kappa shape index (κ2) is 27.1. The maximum atomic E-state index is 13.9. The third-order valence-electron chi connectivity index (χ3n) is 16.3. The first-order chi connectivity index (χ1) is 42.4. The van der Waals surface area contributed by atoms with Gasteiger partial charge in [-0.2, -0.15) is 0 Å². The van der Waals surface area contributed by atoms with E-state index in [2.05, 4.69) is 45.3 Å². The average Bonchev–Trinajstić information content (AvgIpc) is 1.56. The van der Waals surface area contributed by atoms with Crippen LogP contribution >= 0.6 is 15.2 Å². The Hall–Kier alpha value is -6.56. The lowest BCUT2D eigenvalue weighted by Crippen LogP contribution is -2.70. The molecule has 0 saturated carbocycles. The van der Waals surface area contributed by atoms with Gasteiger partial charge in [0.25, 0.3) is 0 Å². The third-order valence-corrected chi connectivity index (χ3v) is 29.8. The molecule has 7 N–H and O–H groups in total. The summed E-state index contributed by atoms with van der Waals surface area (Å²) in [5.74, 6) is 0.953. The van der Waals surface area contributed by atoms with Crippen molar-refractivity contribution in [1.29, 1.82) is 0 Å². The van der Waals surface area contributed by atoms with Gasteiger partial charge in [0, 0.05) is 82.6 Å². The highest BCUT2D eigenvalue weighted by atomic mass is 31.2. The molecule has 1 atom stereocenters. The van der Waals surface area contributed by atoms with E-state index < -0.39 is 65.8 Å². The Morgan fingerprint density at radius 1 is 0.528 bits per heavy atom. The smallest absolute Gasteiger partial charge is 0.480 e. The summed E-state index contributed by atoms with van der Waals surface area (Å²) >= 11 is 0. The Morgan fingerprint density at radius 3 is 1.37 bits per heavy atom. The summed E-state index contributed by atoms with van der Waals surface area (Å²) in [6.45, 7) is 12.1. The van der Waals surface area contributed by atoms with Gasteiger partial charge in [-0.15, -0.1) is 0 Å². The van der Waals surface area contributed by atoms with E-state index in [4.69, 9.17) is 48.0 Å². The van der Waals surface area contributed by atoms with E-state index >= 15 is 0 Å². The molecule has 10 rings (SSSR count). The van der Waals surface area contributed by atoms with Gasteiger partial charge < -0.3 is 52.8 Å². The summed E-state index contributed by atoms with van der Waals surface area (Å²) in [5, 5.41) is 18.2. The zero-order valence-electron chi connectivity index (χ0n) is 50.8. The molecule has 2 aromatic heterocycles. The van der Waals surface area contributed by atoms with Crippen molar-refractivity contribution in [2.45, 2.75) is 96.6 Å². The van der Waals surface area contributed by atoms with E-state index in [1.54, 1.807) is 0 Å². The minimum Gasteiger partial charge on any atom is -0.480 e. The molecule has 2 amide bonds. The van der Waals surface area contributed by atoms with Crippen molar-refractivity contribution in [3.05, 3.63) is 130 Å². The standard InChI is InChI=1S/C60H77N11O13P2Si3/c1-6-7-32-71(34-19-36-85(76,77)78,35-20-37-86(79,80)81)33-16-29-50(72)61-30-17-38-87(2,3)83-89(84-88(4,5)39-18-31-62-51(73)40-82-41-52(74)75)69-57-46-25-12-13-26-47(46)59(69)67-55-44-23-10-11-24-45(44)56(64-55)68-60-49-28-15-14-27-48(49)58(70(60)89)66-54-43-22-9-8-21-42(43)53(63-54)65-57/h8-15,21-28H,6-7,16-20,29-41H2,1-5H3,(H6-,61,62,72,73,74,75,76,77,78,79,80,81)/p+1. The number of unbranched alkanes of at least 4 members (excludes halogenated alkanes) is 1. The number of ether oxygens (including phenoxy) is 1. The lowest BCUT2D eigenvalue weighted by atomic mass is 10.1. The van der Waals surface area contributed by atoms with Crippen LogP contribution in [0, 0.1) is 0 Å². The van der Waals surface area contributed by atoms with Crippen LogP contribution in [0.1, 0.15) is 80.5 Å². The van der Waals surface area contributed by atoms with E-state index in [0.717, 1.165) is 56.6 Å². The number of amides is 2. The molecular weight excluding hydrogens is 1230 g/mol. The van der Waals surface area contributed by atoms with Crippen LogP contribution in [0.2, 0.25) is 38.3 Å². The lowest BCUT2D eigenvalue weighted by Gasteiger charge is -2.43. The van der Waals surface area contributed by atoms with Gasteiger partial charge in [0.2, 0.25) is 11.8 Å². The molecule has 0 radical (unpaired) electrons. The fourth-order valence-electron chi connectivity index (χ4n) is 12.3. The molecule has 24 nitrogen and oxygen atoms in total. The number of nitrogens with one attached hydrogen (secondary N) is 2. The van der Waals surface area contributed by atoms with Crippen LogP contribution in [0.3, 0.4) is 0 Å². The number of carbonyl (C=O) groups excluding carboxylic acids is 2. The fourth-order valence-corrected chi connectivity index (χ4v) is 26.0. The highest BCUT2D eigenvalue weighted by Crippen LogP contribution is 2.46. The van der Waals surface area contributed by atoms with Crippen LogP contribution < -0.4 is 21.6 Å². The molecule has 472 valence electrons. The molecule has 89 heavy (non-hydrogen) atoms. The Bertz CT molecular complexity index is 3890. The summed E-state index contributed by atoms with van der Waals surface area (Å²) in [6, 6.07) is 32.8. The summed E-state index contributed by atoms with van der Waals surface area (Å²) in [5.41, 5.74) is 4.13. The van der Waals surface area contributed by atoms with Crippen molar-refractivity contribution in [3.8, 4) is 0 Å². The number of carbonyl (C=O) groups is 3. The normalized spacial score (nSPS) is 16.1. The zero-order chi connectivity index (χ0) is 63.4. The molecular formula is C60H78N11O13P2Si3+. The highest BCUT2D eigenvalue weighted by Gasteiger charge is 2.58. The molecule has 6 bridgehead atoms. The number of hydrogen-bond donors (Lipinski definition) is 7. The SMILES string of the molecule is CCCC[N+](CCCC(=O)NCCC[Si](C)(C)O[Si]1(O[Si](C)(C)CCCNC(=O)COCC(=O)O)n2c3c4ccccc4c2N=C2N=C(N=c4c5ccccc5c(n41)=NC1=NC(=N3)c3ccccc31)c1ccccc12)(CCCP(=O)(O)O)CCCP(=O)(O)O. The maximum Gasteiger partial charge on any atom is 0.582 e.